The summed E-state index contributed by atoms with van der Waals surface area (Å²) >= 11 is 1.49. The summed E-state index contributed by atoms with van der Waals surface area (Å²) in [5.74, 6) is -1.92. The third-order valence-corrected chi connectivity index (χ3v) is 2.76. The molecule has 0 radical (unpaired) electrons. The monoisotopic (exact) mass is 372 g/mol. The summed E-state index contributed by atoms with van der Waals surface area (Å²) in [6, 6.07) is 1.03. The Hall–Kier alpha value is -1.39. The van der Waals surface area contributed by atoms with Crippen molar-refractivity contribution < 1.29 is 23.2 Å². The molecule has 0 aliphatic heterocycles. The zero-order valence-corrected chi connectivity index (χ0v) is 11.2. The number of hydrogen-bond donors (Lipinski definition) is 0. The zero-order chi connectivity index (χ0) is 13.9. The lowest BCUT2D eigenvalue weighted by Crippen LogP contribution is -2.11. The minimum atomic E-state index is -3.04. The number of esters is 1. The molecule has 0 aromatic carbocycles. The molecule has 6 nitrogen and oxygen atoms in total. The Kier molecular flexibility index (Phi) is 4.87. The van der Waals surface area contributed by atoms with Gasteiger partial charge < -0.3 is 14.9 Å². The molecule has 0 spiro atoms. The molecule has 0 aliphatic rings. The highest BCUT2D eigenvalue weighted by Crippen LogP contribution is 2.32. The van der Waals surface area contributed by atoms with Gasteiger partial charge >= 0.3 is 11.8 Å². The molecule has 0 saturated carbocycles. The van der Waals surface area contributed by atoms with Crippen molar-refractivity contribution in [3.63, 3.8) is 0 Å². The first-order valence-electron chi connectivity index (χ1n) is 4.68. The van der Waals surface area contributed by atoms with Crippen LogP contribution < -0.4 is 0 Å². The van der Waals surface area contributed by atoms with Crippen LogP contribution in [0.5, 0.6) is 0 Å². The molecule has 0 fully saturated rings. The third-order valence-electron chi connectivity index (χ3n) is 1.86. The standard InChI is InChI=1S/C9H7F2IN2O4/c1-2-18-9(15)5-3-4(12)6(7(10)11)8(13-5)14(16)17/h3,7H,2H2,1H3. The molecule has 18 heavy (non-hydrogen) atoms. The molecule has 0 N–H and O–H groups in total. The lowest BCUT2D eigenvalue weighted by atomic mass is 10.2. The van der Waals surface area contributed by atoms with E-state index in [1.807, 2.05) is 0 Å². The highest BCUT2D eigenvalue weighted by molar-refractivity contribution is 14.1. The van der Waals surface area contributed by atoms with E-state index in [0.717, 1.165) is 6.07 Å². The first kappa shape index (κ1) is 14.7. The van der Waals surface area contributed by atoms with E-state index in [1.165, 1.54) is 22.6 Å². The number of rotatable bonds is 4. The van der Waals surface area contributed by atoms with Crippen molar-refractivity contribution in [3.8, 4) is 0 Å². The fraction of sp³-hybridized carbons (Fsp3) is 0.333. The van der Waals surface area contributed by atoms with E-state index in [1.54, 1.807) is 6.92 Å². The Morgan fingerprint density at radius 1 is 1.67 bits per heavy atom. The molecular formula is C9H7F2IN2O4. The van der Waals surface area contributed by atoms with E-state index in [9.17, 15) is 23.7 Å². The van der Waals surface area contributed by atoms with Gasteiger partial charge in [-0.3, -0.25) is 0 Å². The van der Waals surface area contributed by atoms with Crippen molar-refractivity contribution in [3.05, 3.63) is 31.0 Å². The van der Waals surface area contributed by atoms with Crippen LogP contribution in [0.4, 0.5) is 14.6 Å². The second-order valence-electron chi connectivity index (χ2n) is 3.00. The van der Waals surface area contributed by atoms with Crippen LogP contribution in [0.3, 0.4) is 0 Å². The van der Waals surface area contributed by atoms with Crippen molar-refractivity contribution in [1.29, 1.82) is 0 Å². The molecule has 0 amide bonds. The van der Waals surface area contributed by atoms with Gasteiger partial charge in [0, 0.05) is 9.64 Å². The van der Waals surface area contributed by atoms with Crippen LogP contribution in [0.1, 0.15) is 29.4 Å². The third kappa shape index (κ3) is 3.09. The molecule has 1 rings (SSSR count). The van der Waals surface area contributed by atoms with Gasteiger partial charge in [0.15, 0.2) is 0 Å². The minimum absolute atomic E-state index is 0.0570. The maximum atomic E-state index is 12.7. The number of halogens is 3. The number of pyridine rings is 1. The molecular weight excluding hydrogens is 365 g/mol. The smallest absolute Gasteiger partial charge is 0.383 e. The fourth-order valence-electron chi connectivity index (χ4n) is 1.16. The van der Waals surface area contributed by atoms with Gasteiger partial charge in [0.1, 0.15) is 5.56 Å². The van der Waals surface area contributed by atoms with Crippen LogP contribution in [0.15, 0.2) is 6.07 Å². The number of aromatic nitrogens is 1. The van der Waals surface area contributed by atoms with Crippen molar-refractivity contribution in [2.45, 2.75) is 13.3 Å². The van der Waals surface area contributed by atoms with Crippen molar-refractivity contribution in [1.82, 2.24) is 4.98 Å². The normalized spacial score (nSPS) is 10.5. The number of carbonyl (C=O) groups excluding carboxylic acids is 1. The summed E-state index contributed by atoms with van der Waals surface area (Å²) in [7, 11) is 0. The van der Waals surface area contributed by atoms with E-state index in [4.69, 9.17) is 0 Å². The number of nitrogens with zero attached hydrogens (tertiary/aromatic N) is 2. The number of hydrogen-bond acceptors (Lipinski definition) is 5. The van der Waals surface area contributed by atoms with Gasteiger partial charge in [-0.15, -0.1) is 0 Å². The highest BCUT2D eigenvalue weighted by atomic mass is 127. The highest BCUT2D eigenvalue weighted by Gasteiger charge is 2.30. The number of alkyl halides is 2. The quantitative estimate of drug-likeness (QED) is 0.351. The maximum Gasteiger partial charge on any atom is 0.383 e. The van der Waals surface area contributed by atoms with E-state index in [2.05, 4.69) is 9.72 Å². The Morgan fingerprint density at radius 2 is 2.28 bits per heavy atom. The molecule has 98 valence electrons. The summed E-state index contributed by atoms with van der Waals surface area (Å²) in [5.41, 5.74) is -1.16. The van der Waals surface area contributed by atoms with Crippen molar-refractivity contribution in [2.75, 3.05) is 6.61 Å². The van der Waals surface area contributed by atoms with Crippen LogP contribution in [0.25, 0.3) is 0 Å². The second-order valence-corrected chi connectivity index (χ2v) is 4.17. The molecule has 0 unspecified atom stereocenters. The van der Waals surface area contributed by atoms with Gasteiger partial charge in [-0.05, 0) is 39.4 Å². The largest absolute Gasteiger partial charge is 0.460 e. The van der Waals surface area contributed by atoms with Crippen LogP contribution in [-0.4, -0.2) is 22.5 Å². The minimum Gasteiger partial charge on any atom is -0.460 e. The number of carbonyl (C=O) groups is 1. The summed E-state index contributed by atoms with van der Waals surface area (Å²) in [6.07, 6.45) is -3.04. The molecule has 0 atom stereocenters. The van der Waals surface area contributed by atoms with Gasteiger partial charge in [-0.25, -0.2) is 13.6 Å². The van der Waals surface area contributed by atoms with Gasteiger partial charge in [0.2, 0.25) is 0 Å². The topological polar surface area (TPSA) is 82.3 Å². The summed E-state index contributed by atoms with van der Waals surface area (Å²) < 4.78 is 29.8. The Balaban J connectivity index is 3.36. The average molecular weight is 372 g/mol. The Bertz CT molecular complexity index is 496. The fourth-order valence-corrected chi connectivity index (χ4v) is 1.93. The molecule has 0 aliphatic carbocycles. The summed E-state index contributed by atoms with van der Waals surface area (Å²) in [4.78, 5) is 24.3. The van der Waals surface area contributed by atoms with Crippen LogP contribution >= 0.6 is 22.6 Å². The molecule has 1 aromatic rings. The van der Waals surface area contributed by atoms with E-state index >= 15 is 0 Å². The lowest BCUT2D eigenvalue weighted by molar-refractivity contribution is -0.391. The predicted octanol–water partition coefficient (Wildman–Crippen LogP) is 2.71. The maximum absolute atomic E-state index is 12.7. The second kappa shape index (κ2) is 5.98. The molecule has 9 heteroatoms. The zero-order valence-electron chi connectivity index (χ0n) is 9.02. The van der Waals surface area contributed by atoms with Crippen molar-refractivity contribution >= 4 is 34.4 Å². The molecule has 0 bridgehead atoms. The summed E-state index contributed by atoms with van der Waals surface area (Å²) in [6.45, 7) is 1.60. The first-order chi connectivity index (χ1) is 8.38. The Morgan fingerprint density at radius 3 is 2.72 bits per heavy atom. The lowest BCUT2D eigenvalue weighted by Gasteiger charge is -2.05. The van der Waals surface area contributed by atoms with Gasteiger partial charge in [0.25, 0.3) is 12.1 Å². The van der Waals surface area contributed by atoms with Crippen molar-refractivity contribution in [2.24, 2.45) is 0 Å². The van der Waals surface area contributed by atoms with Gasteiger partial charge in [-0.1, -0.05) is 0 Å². The Labute approximate surface area is 114 Å². The van der Waals surface area contributed by atoms with Crippen LogP contribution in [0.2, 0.25) is 0 Å². The van der Waals surface area contributed by atoms with E-state index in [-0.39, 0.29) is 15.9 Å². The summed E-state index contributed by atoms with van der Waals surface area (Å²) in [5, 5.41) is 10.7. The molecule has 0 saturated heterocycles. The molecule has 1 aromatic heterocycles. The molecule has 1 heterocycles. The van der Waals surface area contributed by atoms with Crippen LogP contribution in [0, 0.1) is 13.7 Å². The predicted molar refractivity (Wildman–Crippen MR) is 64.5 cm³/mol. The van der Waals surface area contributed by atoms with Crippen LogP contribution in [-0.2, 0) is 4.74 Å². The van der Waals surface area contributed by atoms with Gasteiger partial charge in [0.05, 0.1) is 6.61 Å². The number of nitro groups is 1. The van der Waals surface area contributed by atoms with E-state index < -0.39 is 28.7 Å². The SMILES string of the molecule is CCOC(=O)c1cc(I)c(C(F)F)c([N+](=O)[O-])n1. The number of ether oxygens (including phenoxy) is 1. The average Bonchev–Trinajstić information content (AvgIpc) is 2.27. The van der Waals surface area contributed by atoms with Gasteiger partial charge in [-0.2, -0.15) is 0 Å². The first-order valence-corrected chi connectivity index (χ1v) is 5.76. The van der Waals surface area contributed by atoms with E-state index in [0.29, 0.717) is 0 Å².